The summed E-state index contributed by atoms with van der Waals surface area (Å²) in [4.78, 5) is 0. The van der Waals surface area contributed by atoms with E-state index in [1.54, 1.807) is 24.3 Å². The Labute approximate surface area is 106 Å². The largest absolute Gasteiger partial charge is 0.456 e. The van der Waals surface area contributed by atoms with Gasteiger partial charge in [-0.25, -0.2) is 0 Å². The van der Waals surface area contributed by atoms with Crippen molar-refractivity contribution in [3.8, 4) is 17.6 Å². The Kier molecular flexibility index (Phi) is 3.61. The van der Waals surface area contributed by atoms with Crippen LogP contribution in [0.1, 0.15) is 16.7 Å². The first-order valence-corrected chi connectivity index (χ1v) is 5.62. The number of para-hydroxylation sites is 1. The van der Waals surface area contributed by atoms with Gasteiger partial charge in [0.15, 0.2) is 0 Å². The molecule has 0 unspecified atom stereocenters. The average Bonchev–Trinajstić information content (AvgIpc) is 2.41. The SMILES string of the molecule is Cc1ccc(Oc2ccccc2CO)c(C#N)c1. The van der Waals surface area contributed by atoms with Gasteiger partial charge in [-0.15, -0.1) is 0 Å². The molecule has 0 heterocycles. The Morgan fingerprint density at radius 3 is 2.67 bits per heavy atom. The van der Waals surface area contributed by atoms with Crippen LogP contribution in [0.15, 0.2) is 42.5 Å². The van der Waals surface area contributed by atoms with Crippen molar-refractivity contribution in [1.82, 2.24) is 0 Å². The third-order valence-corrected chi connectivity index (χ3v) is 2.62. The zero-order chi connectivity index (χ0) is 13.0. The molecule has 0 aliphatic heterocycles. The molecule has 0 atom stereocenters. The van der Waals surface area contributed by atoms with Crippen molar-refractivity contribution in [2.45, 2.75) is 13.5 Å². The molecule has 3 heteroatoms. The van der Waals surface area contributed by atoms with E-state index in [0.717, 1.165) is 5.56 Å². The van der Waals surface area contributed by atoms with E-state index < -0.39 is 0 Å². The maximum atomic E-state index is 9.22. The molecule has 2 rings (SSSR count). The third kappa shape index (κ3) is 2.50. The molecule has 0 saturated heterocycles. The number of hydrogen-bond donors (Lipinski definition) is 1. The fourth-order valence-corrected chi connectivity index (χ4v) is 1.67. The van der Waals surface area contributed by atoms with Crippen LogP contribution in [0.4, 0.5) is 0 Å². The smallest absolute Gasteiger partial charge is 0.145 e. The van der Waals surface area contributed by atoms with Crippen LogP contribution in [0.3, 0.4) is 0 Å². The van der Waals surface area contributed by atoms with E-state index in [1.807, 2.05) is 25.1 Å². The van der Waals surface area contributed by atoms with Crippen LogP contribution in [0, 0.1) is 18.3 Å². The molecule has 90 valence electrons. The summed E-state index contributed by atoms with van der Waals surface area (Å²) in [6.07, 6.45) is 0. The van der Waals surface area contributed by atoms with Gasteiger partial charge in [-0.1, -0.05) is 24.3 Å². The fraction of sp³-hybridized carbons (Fsp3) is 0.133. The van der Waals surface area contributed by atoms with E-state index in [4.69, 9.17) is 10.00 Å². The zero-order valence-electron chi connectivity index (χ0n) is 10.1. The van der Waals surface area contributed by atoms with Gasteiger partial charge in [0.05, 0.1) is 12.2 Å². The van der Waals surface area contributed by atoms with E-state index in [1.165, 1.54) is 0 Å². The van der Waals surface area contributed by atoms with Crippen LogP contribution in [0.5, 0.6) is 11.5 Å². The summed E-state index contributed by atoms with van der Waals surface area (Å²) in [5.74, 6) is 1.07. The third-order valence-electron chi connectivity index (χ3n) is 2.62. The molecule has 1 N–H and O–H groups in total. The van der Waals surface area contributed by atoms with Gasteiger partial charge >= 0.3 is 0 Å². The predicted molar refractivity (Wildman–Crippen MR) is 68.3 cm³/mol. The molecule has 0 fully saturated rings. The van der Waals surface area contributed by atoms with Crippen molar-refractivity contribution in [2.24, 2.45) is 0 Å². The van der Waals surface area contributed by atoms with Gasteiger partial charge in [0.2, 0.25) is 0 Å². The molecule has 0 radical (unpaired) electrons. The van der Waals surface area contributed by atoms with Crippen LogP contribution in [0.2, 0.25) is 0 Å². The number of rotatable bonds is 3. The number of nitrogens with zero attached hydrogens (tertiary/aromatic N) is 1. The van der Waals surface area contributed by atoms with Crippen molar-refractivity contribution < 1.29 is 9.84 Å². The van der Waals surface area contributed by atoms with Crippen LogP contribution >= 0.6 is 0 Å². The van der Waals surface area contributed by atoms with Gasteiger partial charge in [0.1, 0.15) is 17.6 Å². The second-order valence-electron chi connectivity index (χ2n) is 3.98. The lowest BCUT2D eigenvalue weighted by atomic mass is 10.1. The van der Waals surface area contributed by atoms with Crippen molar-refractivity contribution >= 4 is 0 Å². The predicted octanol–water partition coefficient (Wildman–Crippen LogP) is 3.15. The maximum absolute atomic E-state index is 9.22. The molecule has 3 nitrogen and oxygen atoms in total. The highest BCUT2D eigenvalue weighted by atomic mass is 16.5. The van der Waals surface area contributed by atoms with Gasteiger partial charge in [-0.2, -0.15) is 5.26 Å². The monoisotopic (exact) mass is 239 g/mol. The van der Waals surface area contributed by atoms with Gasteiger partial charge < -0.3 is 9.84 Å². The van der Waals surface area contributed by atoms with E-state index >= 15 is 0 Å². The summed E-state index contributed by atoms with van der Waals surface area (Å²) in [6, 6.07) is 14.8. The minimum absolute atomic E-state index is 0.0933. The van der Waals surface area contributed by atoms with Gasteiger partial charge in [0.25, 0.3) is 0 Å². The fourth-order valence-electron chi connectivity index (χ4n) is 1.67. The molecular formula is C15H13NO2. The minimum Gasteiger partial charge on any atom is -0.456 e. The molecule has 0 saturated carbocycles. The summed E-state index contributed by atoms with van der Waals surface area (Å²) in [6.45, 7) is 1.83. The quantitative estimate of drug-likeness (QED) is 0.895. The lowest BCUT2D eigenvalue weighted by molar-refractivity contribution is 0.276. The van der Waals surface area contributed by atoms with Crippen LogP contribution < -0.4 is 4.74 Å². The van der Waals surface area contributed by atoms with E-state index in [9.17, 15) is 5.11 Å². The molecule has 0 aliphatic rings. The highest BCUT2D eigenvalue weighted by Crippen LogP contribution is 2.28. The Hall–Kier alpha value is -2.31. The molecule has 0 bridgehead atoms. The van der Waals surface area contributed by atoms with Crippen molar-refractivity contribution in [1.29, 1.82) is 5.26 Å². The second kappa shape index (κ2) is 5.35. The number of aliphatic hydroxyl groups is 1. The molecule has 2 aromatic rings. The number of aliphatic hydroxyl groups excluding tert-OH is 1. The van der Waals surface area contributed by atoms with Gasteiger partial charge in [-0.3, -0.25) is 0 Å². The lowest BCUT2D eigenvalue weighted by Gasteiger charge is -2.10. The number of aryl methyl sites for hydroxylation is 1. The first-order valence-electron chi connectivity index (χ1n) is 5.62. The first kappa shape index (κ1) is 12.2. The topological polar surface area (TPSA) is 53.2 Å². The molecule has 0 aromatic heterocycles. The number of nitriles is 1. The highest BCUT2D eigenvalue weighted by molar-refractivity contribution is 5.48. The van der Waals surface area contributed by atoms with Crippen molar-refractivity contribution in [2.75, 3.05) is 0 Å². The molecule has 0 amide bonds. The van der Waals surface area contributed by atoms with E-state index in [0.29, 0.717) is 22.6 Å². The standard InChI is InChI=1S/C15H13NO2/c1-11-6-7-15(13(8-11)9-16)18-14-5-3-2-4-12(14)10-17/h2-8,17H,10H2,1H3. The normalized spacial score (nSPS) is 9.83. The van der Waals surface area contributed by atoms with Crippen molar-refractivity contribution in [3.63, 3.8) is 0 Å². The Bertz CT molecular complexity index is 600. The van der Waals surface area contributed by atoms with Crippen LogP contribution in [-0.2, 0) is 6.61 Å². The maximum Gasteiger partial charge on any atom is 0.145 e. The summed E-state index contributed by atoms with van der Waals surface area (Å²) in [7, 11) is 0. The Balaban J connectivity index is 2.37. The zero-order valence-corrected chi connectivity index (χ0v) is 10.1. The summed E-state index contributed by atoms with van der Waals surface area (Å²) in [5, 5.41) is 18.3. The van der Waals surface area contributed by atoms with E-state index in [2.05, 4.69) is 6.07 Å². The average molecular weight is 239 g/mol. The van der Waals surface area contributed by atoms with Crippen LogP contribution in [0.25, 0.3) is 0 Å². The molecule has 0 aliphatic carbocycles. The van der Waals surface area contributed by atoms with Gasteiger partial charge in [0, 0.05) is 5.56 Å². The second-order valence-corrected chi connectivity index (χ2v) is 3.98. The molecular weight excluding hydrogens is 226 g/mol. The summed E-state index contributed by atoms with van der Waals surface area (Å²) in [5.41, 5.74) is 2.19. The first-order chi connectivity index (χ1) is 8.74. The highest BCUT2D eigenvalue weighted by Gasteiger charge is 2.07. The Morgan fingerprint density at radius 1 is 1.17 bits per heavy atom. The number of hydrogen-bond acceptors (Lipinski definition) is 3. The number of ether oxygens (including phenoxy) is 1. The summed E-state index contributed by atoms with van der Waals surface area (Å²) >= 11 is 0. The lowest BCUT2D eigenvalue weighted by Crippen LogP contribution is -1.93. The summed E-state index contributed by atoms with van der Waals surface area (Å²) < 4.78 is 5.69. The van der Waals surface area contributed by atoms with Crippen molar-refractivity contribution in [3.05, 3.63) is 59.2 Å². The van der Waals surface area contributed by atoms with E-state index in [-0.39, 0.29) is 6.61 Å². The molecule has 18 heavy (non-hydrogen) atoms. The number of benzene rings is 2. The van der Waals surface area contributed by atoms with Crippen LogP contribution in [-0.4, -0.2) is 5.11 Å². The van der Waals surface area contributed by atoms with Gasteiger partial charge in [-0.05, 0) is 30.7 Å². The molecule has 0 spiro atoms. The minimum atomic E-state index is -0.0933. The Morgan fingerprint density at radius 2 is 1.94 bits per heavy atom. The molecule has 2 aromatic carbocycles.